The van der Waals surface area contributed by atoms with Crippen LogP contribution in [0.4, 0.5) is 11.4 Å². The van der Waals surface area contributed by atoms with E-state index in [0.29, 0.717) is 17.8 Å². The van der Waals surface area contributed by atoms with Gasteiger partial charge in [-0.05, 0) is 49.6 Å². The minimum absolute atomic E-state index is 0.101. The predicted octanol–water partition coefficient (Wildman–Crippen LogP) is 2.59. The number of nitrogens with two attached hydrogens (primary N) is 1. The number of para-hydroxylation sites is 1. The summed E-state index contributed by atoms with van der Waals surface area (Å²) >= 11 is 0. The molecule has 0 spiro atoms. The van der Waals surface area contributed by atoms with Crippen molar-refractivity contribution in [2.45, 2.75) is 26.7 Å². The normalized spacial score (nSPS) is 11.1. The highest BCUT2D eigenvalue weighted by molar-refractivity contribution is 7.92. The van der Waals surface area contributed by atoms with Crippen LogP contribution in [-0.4, -0.2) is 33.0 Å². The highest BCUT2D eigenvalue weighted by atomic mass is 32.2. The molecule has 0 saturated heterocycles. The van der Waals surface area contributed by atoms with Crippen molar-refractivity contribution < 1.29 is 18.0 Å². The van der Waals surface area contributed by atoms with Gasteiger partial charge in [0.1, 0.15) is 0 Å². The second-order valence-corrected chi connectivity index (χ2v) is 8.59. The van der Waals surface area contributed by atoms with Crippen molar-refractivity contribution in [2.75, 3.05) is 22.4 Å². The molecule has 0 aliphatic heterocycles. The molecule has 7 nitrogen and oxygen atoms in total. The zero-order valence-corrected chi connectivity index (χ0v) is 17.0. The Balaban J connectivity index is 2.06. The number of anilines is 2. The molecule has 2 aromatic rings. The molecule has 0 unspecified atom stereocenters. The van der Waals surface area contributed by atoms with Crippen LogP contribution in [0.1, 0.15) is 34.3 Å². The third kappa shape index (κ3) is 5.56. The molecule has 150 valence electrons. The Morgan fingerprint density at radius 1 is 1.11 bits per heavy atom. The van der Waals surface area contributed by atoms with E-state index in [1.165, 1.54) is 10.4 Å². The molecule has 2 rings (SSSR count). The fraction of sp³-hybridized carbons (Fsp3) is 0.300. The second kappa shape index (κ2) is 8.88. The summed E-state index contributed by atoms with van der Waals surface area (Å²) in [6.45, 7) is 3.92. The van der Waals surface area contributed by atoms with E-state index in [1.54, 1.807) is 18.2 Å². The van der Waals surface area contributed by atoms with E-state index in [1.807, 2.05) is 32.0 Å². The van der Waals surface area contributed by atoms with Gasteiger partial charge in [0.15, 0.2) is 0 Å². The van der Waals surface area contributed by atoms with Gasteiger partial charge in [-0.3, -0.25) is 13.9 Å². The molecule has 0 fully saturated rings. The lowest BCUT2D eigenvalue weighted by Crippen LogP contribution is -2.32. The number of sulfonamides is 1. The van der Waals surface area contributed by atoms with Crippen LogP contribution in [0.3, 0.4) is 0 Å². The first-order chi connectivity index (χ1) is 13.1. The smallest absolute Gasteiger partial charge is 0.250 e. The molecule has 0 aliphatic rings. The van der Waals surface area contributed by atoms with E-state index in [-0.39, 0.29) is 24.4 Å². The molecule has 0 atom stereocenters. The highest BCUT2D eigenvalue weighted by Crippen LogP contribution is 2.24. The van der Waals surface area contributed by atoms with E-state index in [4.69, 9.17) is 5.73 Å². The van der Waals surface area contributed by atoms with Gasteiger partial charge in [-0.25, -0.2) is 8.42 Å². The lowest BCUT2D eigenvalue weighted by atomic mass is 10.1. The van der Waals surface area contributed by atoms with E-state index < -0.39 is 15.9 Å². The molecule has 0 aromatic heterocycles. The Kier molecular flexibility index (Phi) is 6.80. The summed E-state index contributed by atoms with van der Waals surface area (Å²) in [6.07, 6.45) is 1.58. The molecule has 0 radical (unpaired) electrons. The maximum atomic E-state index is 12.3. The van der Waals surface area contributed by atoms with Crippen LogP contribution >= 0.6 is 0 Å². The van der Waals surface area contributed by atoms with Crippen LogP contribution in [-0.2, 0) is 14.8 Å². The average molecular weight is 404 g/mol. The van der Waals surface area contributed by atoms with Gasteiger partial charge in [0.25, 0.3) is 5.91 Å². The number of carbonyl (C=O) groups excluding carboxylic acids is 2. The predicted molar refractivity (Wildman–Crippen MR) is 111 cm³/mol. The number of benzene rings is 2. The van der Waals surface area contributed by atoms with Crippen molar-refractivity contribution in [1.29, 1.82) is 0 Å². The number of amides is 2. The third-order valence-corrected chi connectivity index (χ3v) is 5.45. The average Bonchev–Trinajstić information content (AvgIpc) is 2.60. The van der Waals surface area contributed by atoms with Crippen LogP contribution in [0.5, 0.6) is 0 Å². The summed E-state index contributed by atoms with van der Waals surface area (Å²) in [7, 11) is -3.49. The molecule has 28 heavy (non-hydrogen) atoms. The number of nitrogens with one attached hydrogen (secondary N) is 1. The highest BCUT2D eigenvalue weighted by Gasteiger charge is 2.20. The number of aryl methyl sites for hydroxylation is 2. The quantitative estimate of drug-likeness (QED) is 0.706. The van der Waals surface area contributed by atoms with Crippen molar-refractivity contribution >= 4 is 33.2 Å². The van der Waals surface area contributed by atoms with Crippen LogP contribution in [0.2, 0.25) is 0 Å². The molecular formula is C20H25N3O4S. The summed E-state index contributed by atoms with van der Waals surface area (Å²) < 4.78 is 25.8. The first-order valence-corrected chi connectivity index (χ1v) is 10.7. The van der Waals surface area contributed by atoms with Crippen LogP contribution < -0.4 is 15.4 Å². The van der Waals surface area contributed by atoms with Gasteiger partial charge in [0.2, 0.25) is 15.9 Å². The zero-order chi connectivity index (χ0) is 20.9. The third-order valence-electron chi connectivity index (χ3n) is 4.27. The molecule has 0 aliphatic carbocycles. The van der Waals surface area contributed by atoms with E-state index >= 15 is 0 Å². The molecule has 0 bridgehead atoms. The Morgan fingerprint density at radius 2 is 1.79 bits per heavy atom. The first kappa shape index (κ1) is 21.4. The molecule has 2 amide bonds. The van der Waals surface area contributed by atoms with Gasteiger partial charge in [-0.2, -0.15) is 0 Å². The maximum absolute atomic E-state index is 12.3. The lowest BCUT2D eigenvalue weighted by Gasteiger charge is -2.24. The molecule has 0 saturated carbocycles. The lowest BCUT2D eigenvalue weighted by molar-refractivity contribution is -0.116. The second-order valence-electron chi connectivity index (χ2n) is 6.69. The van der Waals surface area contributed by atoms with E-state index in [2.05, 4.69) is 5.32 Å². The molecule has 0 heterocycles. The largest absolute Gasteiger partial charge is 0.366 e. The zero-order valence-electron chi connectivity index (χ0n) is 16.2. The van der Waals surface area contributed by atoms with Gasteiger partial charge >= 0.3 is 0 Å². The van der Waals surface area contributed by atoms with Gasteiger partial charge < -0.3 is 11.1 Å². The number of primary amides is 1. The minimum Gasteiger partial charge on any atom is -0.366 e. The van der Waals surface area contributed by atoms with Crippen molar-refractivity contribution in [3.05, 3.63) is 59.2 Å². The van der Waals surface area contributed by atoms with Crippen molar-refractivity contribution in [2.24, 2.45) is 5.73 Å². The van der Waals surface area contributed by atoms with Gasteiger partial charge in [-0.1, -0.05) is 24.3 Å². The summed E-state index contributed by atoms with van der Waals surface area (Å²) in [5.41, 5.74) is 8.28. The molecule has 8 heteroatoms. The summed E-state index contributed by atoms with van der Waals surface area (Å²) in [4.78, 5) is 23.7. The van der Waals surface area contributed by atoms with Crippen LogP contribution in [0.25, 0.3) is 0 Å². The molecule has 3 N–H and O–H groups in total. The fourth-order valence-electron chi connectivity index (χ4n) is 2.86. The van der Waals surface area contributed by atoms with E-state index in [0.717, 1.165) is 17.4 Å². The number of carbonyl (C=O) groups is 2. The number of hydrogen-bond donors (Lipinski definition) is 2. The van der Waals surface area contributed by atoms with E-state index in [9.17, 15) is 18.0 Å². The van der Waals surface area contributed by atoms with Gasteiger partial charge in [-0.15, -0.1) is 0 Å². The summed E-state index contributed by atoms with van der Waals surface area (Å²) in [6, 6.07) is 12.1. The Labute approximate surface area is 165 Å². The monoisotopic (exact) mass is 403 g/mol. The minimum atomic E-state index is -3.49. The molecular weight excluding hydrogens is 378 g/mol. The first-order valence-electron chi connectivity index (χ1n) is 8.83. The van der Waals surface area contributed by atoms with Crippen molar-refractivity contribution in [1.82, 2.24) is 0 Å². The summed E-state index contributed by atoms with van der Waals surface area (Å²) in [5, 5.41) is 2.66. The standard InChI is InChI=1S/C20H25N3O4S/c1-14-10-11-15(2)18(13-14)23(28(3,26)27)12-6-9-19(24)22-17-8-5-4-7-16(17)20(21)25/h4-5,7-8,10-11,13H,6,9,12H2,1-3H3,(H2,21,25)(H,22,24). The Bertz CT molecular complexity index is 987. The maximum Gasteiger partial charge on any atom is 0.250 e. The van der Waals surface area contributed by atoms with Crippen LogP contribution in [0.15, 0.2) is 42.5 Å². The van der Waals surface area contributed by atoms with Crippen LogP contribution in [0, 0.1) is 13.8 Å². The number of nitrogens with zero attached hydrogens (tertiary/aromatic N) is 1. The van der Waals surface area contributed by atoms with Crippen molar-refractivity contribution in [3.63, 3.8) is 0 Å². The Morgan fingerprint density at radius 3 is 2.43 bits per heavy atom. The van der Waals surface area contributed by atoms with Crippen molar-refractivity contribution in [3.8, 4) is 0 Å². The van der Waals surface area contributed by atoms with Gasteiger partial charge in [0.05, 0.1) is 23.2 Å². The topological polar surface area (TPSA) is 110 Å². The summed E-state index contributed by atoms with van der Waals surface area (Å²) in [5.74, 6) is -0.947. The number of rotatable bonds is 8. The number of hydrogen-bond acceptors (Lipinski definition) is 4. The SMILES string of the molecule is Cc1ccc(C)c(N(CCCC(=O)Nc2ccccc2C(N)=O)S(C)(=O)=O)c1. The molecule has 2 aromatic carbocycles. The fourth-order valence-corrected chi connectivity index (χ4v) is 3.87. The Hall–Kier alpha value is -2.87. The van der Waals surface area contributed by atoms with Gasteiger partial charge in [0, 0.05) is 13.0 Å².